The van der Waals surface area contributed by atoms with Gasteiger partial charge >= 0.3 is 24.2 Å². The molecule has 0 bridgehead atoms. The molecular formula is C24H19ClF9N9O3. The second-order valence-electron chi connectivity index (χ2n) is 9.43. The van der Waals surface area contributed by atoms with Crippen LogP contribution in [-0.4, -0.2) is 76.2 Å². The largest absolute Gasteiger partial charge is 0.420 e. The van der Waals surface area contributed by atoms with Crippen molar-refractivity contribution in [3.05, 3.63) is 75.3 Å². The molecule has 1 aromatic carbocycles. The number of carbonyl (C=O) groups is 1. The first-order chi connectivity index (χ1) is 21.3. The number of carbonyl (C=O) groups excluding carboxylic acids is 1. The van der Waals surface area contributed by atoms with Crippen molar-refractivity contribution < 1.29 is 49.4 Å². The predicted octanol–water partition coefficient (Wildman–Crippen LogP) is 2.95. The molecule has 0 fully saturated rings. The number of aliphatic hydroxyl groups excluding tert-OH is 1. The molecule has 4 N–H and O–H groups in total. The summed E-state index contributed by atoms with van der Waals surface area (Å²) in [7, 11) is 0. The Morgan fingerprint density at radius 3 is 2.24 bits per heavy atom. The molecule has 4 rings (SSSR count). The molecule has 0 aliphatic carbocycles. The monoisotopic (exact) mass is 687 g/mol. The van der Waals surface area contributed by atoms with Crippen molar-refractivity contribution in [1.82, 2.24) is 39.4 Å². The van der Waals surface area contributed by atoms with Gasteiger partial charge in [0.1, 0.15) is 18.2 Å². The third-order valence-electron chi connectivity index (χ3n) is 6.10. The van der Waals surface area contributed by atoms with Crippen LogP contribution in [0.4, 0.5) is 39.5 Å². The molecule has 3 heterocycles. The molecule has 2 atom stereocenters. The Bertz CT molecular complexity index is 1760. The highest BCUT2D eigenvalue weighted by Gasteiger charge is 2.40. The van der Waals surface area contributed by atoms with E-state index in [0.717, 1.165) is 12.3 Å². The van der Waals surface area contributed by atoms with Crippen molar-refractivity contribution in [3.8, 4) is 17.2 Å². The zero-order valence-corrected chi connectivity index (χ0v) is 23.3. The van der Waals surface area contributed by atoms with E-state index in [4.69, 9.17) is 17.3 Å². The molecule has 248 valence electrons. The lowest BCUT2D eigenvalue weighted by atomic mass is 10.2. The van der Waals surface area contributed by atoms with E-state index < -0.39 is 90.8 Å². The van der Waals surface area contributed by atoms with Crippen LogP contribution in [0.5, 0.6) is 0 Å². The summed E-state index contributed by atoms with van der Waals surface area (Å²) in [5.74, 6) is -4.52. The lowest BCUT2D eigenvalue weighted by Gasteiger charge is -2.16. The van der Waals surface area contributed by atoms with E-state index in [1.54, 1.807) is 5.32 Å². The van der Waals surface area contributed by atoms with Crippen LogP contribution in [0.25, 0.3) is 17.2 Å². The van der Waals surface area contributed by atoms with Gasteiger partial charge < -0.3 is 16.2 Å². The summed E-state index contributed by atoms with van der Waals surface area (Å²) >= 11 is 5.85. The lowest BCUT2D eigenvalue weighted by molar-refractivity contribution is -0.207. The second kappa shape index (κ2) is 12.7. The fourth-order valence-electron chi connectivity index (χ4n) is 3.83. The van der Waals surface area contributed by atoms with Gasteiger partial charge in [-0.05, 0) is 36.4 Å². The number of hydrogen-bond donors (Lipinski definition) is 3. The van der Waals surface area contributed by atoms with Gasteiger partial charge in [-0.2, -0.15) is 44.2 Å². The molecule has 0 radical (unpaired) electrons. The van der Waals surface area contributed by atoms with E-state index >= 15 is 0 Å². The number of nitrogens with one attached hydrogen (secondary N) is 1. The average molecular weight is 688 g/mol. The Morgan fingerprint density at radius 2 is 1.65 bits per heavy atom. The van der Waals surface area contributed by atoms with E-state index in [1.807, 2.05) is 0 Å². The molecule has 46 heavy (non-hydrogen) atoms. The number of alkyl halides is 9. The van der Waals surface area contributed by atoms with E-state index in [1.165, 1.54) is 24.3 Å². The number of nitrogens with zero attached hydrogens (tertiary/aromatic N) is 7. The minimum absolute atomic E-state index is 0.0671. The zero-order chi connectivity index (χ0) is 34.2. The molecule has 0 aliphatic heterocycles. The fraction of sp³-hybridized carbons (Fsp3) is 0.333. The Balaban J connectivity index is 1.81. The first kappa shape index (κ1) is 34.4. The van der Waals surface area contributed by atoms with Crippen molar-refractivity contribution in [2.45, 2.75) is 43.8 Å². The van der Waals surface area contributed by atoms with Gasteiger partial charge in [0.25, 0.3) is 5.91 Å². The SMILES string of the molecule is NC(CNC(=O)c1nc(Cn2nc(-c3ccc(Cl)cc3)n(C[C@H](O)C(F)(F)F)c2=O)nn1-c1ncccc1C(F)(F)F)C(F)(F)F. The first-order valence-electron chi connectivity index (χ1n) is 12.5. The third kappa shape index (κ3) is 7.65. The standard InChI is InChI=1S/C24H19ClF9N9O3/c25-12-5-3-11(4-6-12)17-40-42(21(46)41(17)9-15(44)24(32,33)34)10-16-38-19(20(45)37-8-14(35)23(29,30)31)43(39-16)18-13(22(26,27)28)2-1-7-36-18/h1-7,14-15,44H,8-10,35H2,(H,37,45)/t14?,15-/m0/s1. The van der Waals surface area contributed by atoms with Crippen LogP contribution in [0, 0.1) is 0 Å². The molecule has 0 saturated heterocycles. The summed E-state index contributed by atoms with van der Waals surface area (Å²) in [6.07, 6.45) is -17.3. The number of halogens is 10. The molecule has 12 nitrogen and oxygen atoms in total. The summed E-state index contributed by atoms with van der Waals surface area (Å²) in [4.78, 5) is 33.4. The van der Waals surface area contributed by atoms with Crippen LogP contribution in [0.1, 0.15) is 22.0 Å². The number of amides is 1. The van der Waals surface area contributed by atoms with Crippen molar-refractivity contribution in [1.29, 1.82) is 0 Å². The number of rotatable bonds is 9. The van der Waals surface area contributed by atoms with Gasteiger partial charge in [0.2, 0.25) is 5.82 Å². The van der Waals surface area contributed by atoms with Gasteiger partial charge in [0.15, 0.2) is 23.6 Å². The van der Waals surface area contributed by atoms with Crippen LogP contribution in [0.3, 0.4) is 0 Å². The molecule has 3 aromatic heterocycles. The van der Waals surface area contributed by atoms with Gasteiger partial charge in [-0.3, -0.25) is 9.36 Å². The highest BCUT2D eigenvalue weighted by atomic mass is 35.5. The number of aliphatic hydroxyl groups is 1. The Morgan fingerprint density at radius 1 is 1.00 bits per heavy atom. The second-order valence-corrected chi connectivity index (χ2v) is 9.87. The van der Waals surface area contributed by atoms with Crippen molar-refractivity contribution in [2.24, 2.45) is 5.73 Å². The van der Waals surface area contributed by atoms with Crippen LogP contribution in [-0.2, 0) is 19.3 Å². The van der Waals surface area contributed by atoms with Gasteiger partial charge in [-0.25, -0.2) is 19.4 Å². The average Bonchev–Trinajstić information content (AvgIpc) is 3.52. The van der Waals surface area contributed by atoms with Crippen LogP contribution >= 0.6 is 11.6 Å². The van der Waals surface area contributed by atoms with Crippen LogP contribution < -0.4 is 16.7 Å². The van der Waals surface area contributed by atoms with Crippen molar-refractivity contribution in [2.75, 3.05) is 6.54 Å². The normalized spacial score (nSPS) is 13.9. The maximum absolute atomic E-state index is 13.8. The topological polar surface area (TPSA) is 159 Å². The lowest BCUT2D eigenvalue weighted by Crippen LogP contribution is -2.47. The van der Waals surface area contributed by atoms with E-state index in [2.05, 4.69) is 20.2 Å². The number of pyridine rings is 1. The van der Waals surface area contributed by atoms with E-state index in [0.29, 0.717) is 15.3 Å². The Hall–Kier alpha value is -4.50. The maximum atomic E-state index is 13.8. The predicted molar refractivity (Wildman–Crippen MR) is 139 cm³/mol. The Kier molecular flexibility index (Phi) is 9.50. The molecule has 1 amide bonds. The van der Waals surface area contributed by atoms with Gasteiger partial charge in [0.05, 0.1) is 6.54 Å². The molecule has 4 aromatic rings. The minimum atomic E-state index is -5.14. The van der Waals surface area contributed by atoms with Crippen molar-refractivity contribution >= 4 is 17.5 Å². The van der Waals surface area contributed by atoms with E-state index in [-0.39, 0.29) is 15.3 Å². The molecular weight excluding hydrogens is 669 g/mol. The summed E-state index contributed by atoms with van der Waals surface area (Å²) < 4.78 is 121. The smallest absolute Gasteiger partial charge is 0.382 e. The molecule has 22 heteroatoms. The summed E-state index contributed by atoms with van der Waals surface area (Å²) in [6, 6.07) is 4.17. The summed E-state index contributed by atoms with van der Waals surface area (Å²) in [5, 5.41) is 19.4. The summed E-state index contributed by atoms with van der Waals surface area (Å²) in [6.45, 7) is -3.41. The number of nitrogens with two attached hydrogens (primary N) is 1. The zero-order valence-electron chi connectivity index (χ0n) is 22.6. The van der Waals surface area contributed by atoms with Crippen molar-refractivity contribution in [3.63, 3.8) is 0 Å². The fourth-order valence-corrected chi connectivity index (χ4v) is 3.96. The van der Waals surface area contributed by atoms with Gasteiger partial charge in [0, 0.05) is 23.3 Å². The highest BCUT2D eigenvalue weighted by molar-refractivity contribution is 6.30. The van der Waals surface area contributed by atoms with Crippen LogP contribution in [0.15, 0.2) is 47.4 Å². The van der Waals surface area contributed by atoms with Gasteiger partial charge in [-0.15, -0.1) is 10.2 Å². The quantitative estimate of drug-likeness (QED) is 0.227. The van der Waals surface area contributed by atoms with E-state index in [9.17, 15) is 54.2 Å². The third-order valence-corrected chi connectivity index (χ3v) is 6.35. The molecule has 1 unspecified atom stereocenters. The first-order valence-corrected chi connectivity index (χ1v) is 12.9. The minimum Gasteiger partial charge on any atom is -0.382 e. The number of hydrogen-bond acceptors (Lipinski definition) is 8. The molecule has 0 spiro atoms. The van der Waals surface area contributed by atoms with Gasteiger partial charge in [-0.1, -0.05) is 11.6 Å². The maximum Gasteiger partial charge on any atom is 0.420 e. The molecule has 0 aliphatic rings. The number of aromatic nitrogens is 7. The Labute approximate surface area is 255 Å². The highest BCUT2D eigenvalue weighted by Crippen LogP contribution is 2.33. The number of benzene rings is 1. The molecule has 0 saturated carbocycles. The summed E-state index contributed by atoms with van der Waals surface area (Å²) in [5.41, 5.74) is 2.35. The van der Waals surface area contributed by atoms with Crippen LogP contribution in [0.2, 0.25) is 5.02 Å².